The summed E-state index contributed by atoms with van der Waals surface area (Å²) in [6.45, 7) is 3.86. The van der Waals surface area contributed by atoms with Gasteiger partial charge < -0.3 is 4.74 Å². The number of hydrogen-bond acceptors (Lipinski definition) is 8. The van der Waals surface area contributed by atoms with Crippen molar-refractivity contribution in [2.75, 3.05) is 18.1 Å². The minimum absolute atomic E-state index is 0.335. The van der Waals surface area contributed by atoms with Crippen LogP contribution in [0, 0.1) is 0 Å². The first-order valence-corrected chi connectivity index (χ1v) is 12.8. The third-order valence-electron chi connectivity index (χ3n) is 3.49. The Bertz CT molecular complexity index is 628. The second-order valence-electron chi connectivity index (χ2n) is 5.57. The monoisotopic (exact) mass is 428 g/mol. The van der Waals surface area contributed by atoms with Crippen LogP contribution in [0.2, 0.25) is 0 Å². The third kappa shape index (κ3) is 9.30. The zero-order valence-electron chi connectivity index (χ0n) is 14.7. The van der Waals surface area contributed by atoms with Crippen LogP contribution in [0.3, 0.4) is 0 Å². The van der Waals surface area contributed by atoms with Gasteiger partial charge >= 0.3 is 5.97 Å². The molecule has 0 spiro atoms. The smallest absolute Gasteiger partial charge is 0.330 e. The number of unbranched alkanes of at least 4 members (excludes halogenated alkanes) is 3. The maximum absolute atomic E-state index is 10.9. The molecular weight excluding hydrogens is 404 g/mol. The molecule has 142 valence electrons. The number of rotatable bonds is 13. The van der Waals surface area contributed by atoms with Crippen molar-refractivity contribution in [3.8, 4) is 0 Å². The molecule has 4 nitrogen and oxygen atoms in total. The number of ether oxygens (including phenoxy) is 1. The number of hydrogen-bond donors (Lipinski definition) is 0. The van der Waals surface area contributed by atoms with Gasteiger partial charge in [-0.3, -0.25) is 0 Å². The lowest BCUT2D eigenvalue weighted by molar-refractivity contribution is -0.137. The van der Waals surface area contributed by atoms with Gasteiger partial charge in [-0.15, -0.1) is 10.2 Å². The van der Waals surface area contributed by atoms with Gasteiger partial charge in [-0.25, -0.2) is 4.79 Å². The van der Waals surface area contributed by atoms with E-state index in [1.54, 1.807) is 33.9 Å². The largest absolute Gasteiger partial charge is 0.463 e. The van der Waals surface area contributed by atoms with Crippen molar-refractivity contribution in [2.24, 2.45) is 0 Å². The number of carbonyl (C=O) groups excluding carboxylic acids is 1. The van der Waals surface area contributed by atoms with Crippen LogP contribution >= 0.6 is 44.7 Å². The molecule has 0 N–H and O–H groups in total. The van der Waals surface area contributed by atoms with Crippen molar-refractivity contribution in [3.05, 3.63) is 36.5 Å². The average Bonchev–Trinajstić information content (AvgIpc) is 3.13. The van der Waals surface area contributed by atoms with Crippen LogP contribution in [0.5, 0.6) is 0 Å². The highest BCUT2D eigenvalue weighted by Gasteiger charge is 2.07. The molecule has 8 heteroatoms. The second kappa shape index (κ2) is 13.5. The summed E-state index contributed by atoms with van der Waals surface area (Å²) >= 11 is 3.44. The molecule has 1 aliphatic rings. The van der Waals surface area contributed by atoms with E-state index in [4.69, 9.17) is 4.74 Å². The van der Waals surface area contributed by atoms with Crippen LogP contribution in [-0.4, -0.2) is 34.3 Å². The van der Waals surface area contributed by atoms with Crippen LogP contribution in [0.1, 0.15) is 38.5 Å². The van der Waals surface area contributed by atoms with Crippen molar-refractivity contribution in [1.82, 2.24) is 10.2 Å². The molecule has 0 fully saturated rings. The van der Waals surface area contributed by atoms with E-state index in [0.717, 1.165) is 58.7 Å². The van der Waals surface area contributed by atoms with Crippen molar-refractivity contribution in [2.45, 2.75) is 47.2 Å². The van der Waals surface area contributed by atoms with E-state index in [9.17, 15) is 4.79 Å². The normalized spacial score (nSPS) is 13.5. The highest BCUT2D eigenvalue weighted by Crippen LogP contribution is 2.36. The quantitative estimate of drug-likeness (QED) is 0.127. The van der Waals surface area contributed by atoms with Gasteiger partial charge in [0.1, 0.15) is 0 Å². The average molecular weight is 429 g/mol. The molecule has 0 atom stereocenters. The fourth-order valence-corrected chi connectivity index (χ4v) is 6.57. The molecule has 0 unspecified atom stereocenters. The molecule has 0 amide bonds. The zero-order chi connectivity index (χ0) is 18.5. The Hall–Kier alpha value is -0.700. The van der Waals surface area contributed by atoms with Gasteiger partial charge in [-0.1, -0.05) is 71.5 Å². The molecule has 1 aliphatic carbocycles. The van der Waals surface area contributed by atoms with E-state index < -0.39 is 0 Å². The number of thioether (sulfide) groups is 1. The standard InChI is InChI=1S/C18H24N2O2S4/c1-2-16(21)22-12-8-3-4-9-13-24-26-18-20-19-17(25-18)23-14-15-10-6-5-7-11-15/h2,6,10-11H,1,3-5,7-9,12-14H2. The zero-order valence-corrected chi connectivity index (χ0v) is 18.0. The first-order chi connectivity index (χ1) is 12.8. The number of aromatic nitrogens is 2. The van der Waals surface area contributed by atoms with Gasteiger partial charge in [0.05, 0.1) is 6.61 Å². The minimum atomic E-state index is -0.335. The van der Waals surface area contributed by atoms with Crippen LogP contribution in [0.4, 0.5) is 0 Å². The van der Waals surface area contributed by atoms with Gasteiger partial charge in [0.2, 0.25) is 0 Å². The van der Waals surface area contributed by atoms with Gasteiger partial charge in [-0.05, 0) is 42.1 Å². The summed E-state index contributed by atoms with van der Waals surface area (Å²) in [4.78, 5) is 10.9. The molecule has 0 saturated carbocycles. The molecule has 1 aromatic rings. The van der Waals surface area contributed by atoms with Crippen molar-refractivity contribution in [3.63, 3.8) is 0 Å². The predicted molar refractivity (Wildman–Crippen MR) is 115 cm³/mol. The summed E-state index contributed by atoms with van der Waals surface area (Å²) in [6.07, 6.45) is 14.6. The topological polar surface area (TPSA) is 52.1 Å². The van der Waals surface area contributed by atoms with E-state index in [-0.39, 0.29) is 5.97 Å². The summed E-state index contributed by atoms with van der Waals surface area (Å²) in [7, 11) is 3.55. The molecule has 0 saturated heterocycles. The minimum Gasteiger partial charge on any atom is -0.463 e. The lowest BCUT2D eigenvalue weighted by Gasteiger charge is -2.04. The Balaban J connectivity index is 1.48. The van der Waals surface area contributed by atoms with Gasteiger partial charge in [-0.2, -0.15) is 0 Å². The maximum Gasteiger partial charge on any atom is 0.330 e. The van der Waals surface area contributed by atoms with Crippen molar-refractivity contribution >= 4 is 50.7 Å². The van der Waals surface area contributed by atoms with E-state index in [2.05, 4.69) is 35.0 Å². The molecule has 1 aromatic heterocycles. The molecule has 26 heavy (non-hydrogen) atoms. The molecule has 0 bridgehead atoms. The number of esters is 1. The molecule has 0 radical (unpaired) electrons. The molecule has 1 heterocycles. The fourth-order valence-electron chi connectivity index (χ4n) is 2.15. The molecule has 0 aromatic carbocycles. The van der Waals surface area contributed by atoms with Crippen LogP contribution in [-0.2, 0) is 9.53 Å². The SMILES string of the molecule is C=CC(=O)OCCCCCCSSc1nnc(SCC2=CCCC=C2)s1. The van der Waals surface area contributed by atoms with Gasteiger partial charge in [0, 0.05) is 17.6 Å². The van der Waals surface area contributed by atoms with E-state index >= 15 is 0 Å². The van der Waals surface area contributed by atoms with Crippen LogP contribution in [0.15, 0.2) is 45.1 Å². The highest BCUT2D eigenvalue weighted by atomic mass is 33.1. The van der Waals surface area contributed by atoms with E-state index in [1.807, 2.05) is 10.8 Å². The van der Waals surface area contributed by atoms with Crippen molar-refractivity contribution < 1.29 is 9.53 Å². The third-order valence-corrected chi connectivity index (χ3v) is 8.35. The summed E-state index contributed by atoms with van der Waals surface area (Å²) in [5.41, 5.74) is 1.39. The number of nitrogens with zero attached hydrogens (tertiary/aromatic N) is 2. The summed E-state index contributed by atoms with van der Waals surface area (Å²) < 4.78 is 7.02. The lowest BCUT2D eigenvalue weighted by Crippen LogP contribution is -2.01. The Morgan fingerprint density at radius 2 is 2.08 bits per heavy atom. The van der Waals surface area contributed by atoms with Gasteiger partial charge in [0.15, 0.2) is 8.68 Å². The second-order valence-corrected chi connectivity index (χ2v) is 10.4. The number of carbonyl (C=O) groups is 1. The van der Waals surface area contributed by atoms with Crippen LogP contribution in [0.25, 0.3) is 0 Å². The fraction of sp³-hybridized carbons (Fsp3) is 0.500. The Morgan fingerprint density at radius 3 is 2.88 bits per heavy atom. The van der Waals surface area contributed by atoms with Gasteiger partial charge in [0.25, 0.3) is 0 Å². The summed E-state index contributed by atoms with van der Waals surface area (Å²) in [5, 5.41) is 8.53. The Kier molecular flexibility index (Phi) is 11.2. The molecular formula is C18H24N2O2S4. The molecule has 0 aliphatic heterocycles. The predicted octanol–water partition coefficient (Wildman–Crippen LogP) is 5.94. The summed E-state index contributed by atoms with van der Waals surface area (Å²) in [6, 6.07) is 0. The summed E-state index contributed by atoms with van der Waals surface area (Å²) in [5.74, 6) is 1.74. The first kappa shape index (κ1) is 21.6. The first-order valence-electron chi connectivity index (χ1n) is 8.68. The van der Waals surface area contributed by atoms with E-state index in [1.165, 1.54) is 11.6 Å². The maximum atomic E-state index is 10.9. The van der Waals surface area contributed by atoms with Crippen molar-refractivity contribution in [1.29, 1.82) is 0 Å². The Morgan fingerprint density at radius 1 is 1.23 bits per heavy atom. The Labute approximate surface area is 171 Å². The van der Waals surface area contributed by atoms with Crippen LogP contribution < -0.4 is 0 Å². The lowest BCUT2D eigenvalue weighted by atomic mass is 10.1. The highest BCUT2D eigenvalue weighted by molar-refractivity contribution is 8.77. The van der Waals surface area contributed by atoms with E-state index in [0.29, 0.717) is 6.61 Å². The molecule has 2 rings (SSSR count). The number of allylic oxidation sites excluding steroid dienone is 3.